The molecule has 1 aliphatic rings. The Hall–Kier alpha value is -0.0400. The molecule has 1 unspecified atom stereocenters. The van der Waals surface area contributed by atoms with Crippen LogP contribution in [0.15, 0.2) is 0 Å². The molecule has 0 aromatic carbocycles. The summed E-state index contributed by atoms with van der Waals surface area (Å²) in [6.45, 7) is 10.6. The van der Waals surface area contributed by atoms with Crippen molar-refractivity contribution in [3.05, 3.63) is 0 Å². The van der Waals surface area contributed by atoms with Crippen LogP contribution in [0.1, 0.15) is 27.7 Å². The van der Waals surface area contributed by atoms with Gasteiger partial charge >= 0.3 is 0 Å². The lowest BCUT2D eigenvalue weighted by Crippen LogP contribution is -2.30. The summed E-state index contributed by atoms with van der Waals surface area (Å²) in [5.74, 6) is 1.61. The summed E-state index contributed by atoms with van der Waals surface area (Å²) in [5.41, 5.74) is 0.542. The van der Waals surface area contributed by atoms with Gasteiger partial charge in [0, 0.05) is 12.1 Å². The van der Waals surface area contributed by atoms with Gasteiger partial charge in [-0.05, 0) is 18.9 Å². The first-order valence-electron chi connectivity index (χ1n) is 4.23. The molecule has 0 radical (unpaired) electrons. The van der Waals surface area contributed by atoms with Crippen molar-refractivity contribution in [3.63, 3.8) is 0 Å². The topological polar surface area (TPSA) is 3.01 Å². The third-order valence-electron chi connectivity index (χ3n) is 3.10. The van der Waals surface area contributed by atoms with Crippen LogP contribution < -0.4 is 0 Å². The lowest BCUT2D eigenvalue weighted by molar-refractivity contribution is 0.275. The van der Waals surface area contributed by atoms with Gasteiger partial charge in [-0.1, -0.05) is 27.7 Å². The van der Waals surface area contributed by atoms with Crippen LogP contribution in [0, 0.1) is 11.8 Å². The van der Waals surface area contributed by atoms with Gasteiger partial charge in [-0.2, -0.15) is 0 Å². The van der Waals surface area contributed by atoms with E-state index in [1.807, 2.05) is 0 Å². The molecule has 1 fully saturated rings. The molecular formula is C9H19N. The quantitative estimate of drug-likeness (QED) is 0.531. The predicted molar refractivity (Wildman–Crippen MR) is 45.0 cm³/mol. The summed E-state index contributed by atoms with van der Waals surface area (Å²) < 4.78 is 0. The molecule has 1 atom stereocenters. The zero-order valence-electron chi connectivity index (χ0n) is 7.81. The monoisotopic (exact) mass is 141 g/mol. The fourth-order valence-corrected chi connectivity index (χ4v) is 2.26. The fraction of sp³-hybridized carbons (Fsp3) is 1.00. The number of hydrogen-bond acceptors (Lipinski definition) is 1. The Bertz CT molecular complexity index is 119. The highest BCUT2D eigenvalue weighted by atomic mass is 15.3. The van der Waals surface area contributed by atoms with Crippen LogP contribution >= 0.6 is 0 Å². The zero-order chi connectivity index (χ0) is 7.94. The van der Waals surface area contributed by atoms with Gasteiger partial charge in [-0.15, -0.1) is 0 Å². The van der Waals surface area contributed by atoms with E-state index in [1.54, 1.807) is 0 Å². The summed E-state index contributed by atoms with van der Waals surface area (Å²) in [6.07, 6.45) is 0. The van der Waals surface area contributed by atoms with Crippen LogP contribution in [-0.4, -0.2) is 24.0 Å². The van der Waals surface area contributed by atoms with Crippen molar-refractivity contribution in [2.24, 2.45) is 11.8 Å². The van der Waals surface area contributed by atoms with Gasteiger partial charge in [0.1, 0.15) is 0 Å². The Balaban J connectivity index is 2.64. The van der Waals surface area contributed by atoms with Crippen molar-refractivity contribution in [3.8, 4) is 0 Å². The normalized spacial score (nSPS) is 29.7. The number of hydrogen-bond donors (Lipinski definition) is 0. The Morgan fingerprint density at radius 3 is 1.40 bits per heavy atom. The number of rotatable bonds is 2. The molecule has 60 valence electrons. The molecule has 10 heavy (non-hydrogen) atoms. The van der Waals surface area contributed by atoms with Crippen LogP contribution in [0.4, 0.5) is 0 Å². The van der Waals surface area contributed by atoms with E-state index in [4.69, 9.17) is 0 Å². The maximum atomic E-state index is 2.46. The van der Waals surface area contributed by atoms with Gasteiger partial charge in [0.2, 0.25) is 0 Å². The summed E-state index contributed by atoms with van der Waals surface area (Å²) >= 11 is 0. The second kappa shape index (κ2) is 2.23. The number of nitrogens with zero attached hydrogens (tertiary/aromatic N) is 1. The molecule has 0 spiro atoms. The summed E-state index contributed by atoms with van der Waals surface area (Å²) in [6, 6.07) is 0. The smallest absolute Gasteiger partial charge is 0.0379 e. The van der Waals surface area contributed by atoms with Crippen LogP contribution in [0.3, 0.4) is 0 Å². The highest BCUT2D eigenvalue weighted by molar-refractivity contribution is 5.09. The second-order valence-electron chi connectivity index (χ2n) is 4.16. The molecule has 0 N–H and O–H groups in total. The van der Waals surface area contributed by atoms with Crippen LogP contribution in [0.5, 0.6) is 0 Å². The molecule has 1 aliphatic heterocycles. The van der Waals surface area contributed by atoms with Crippen molar-refractivity contribution >= 4 is 0 Å². The average Bonchev–Trinajstić information content (AvgIpc) is 2.42. The fourth-order valence-electron chi connectivity index (χ4n) is 2.26. The Morgan fingerprint density at radius 2 is 1.40 bits per heavy atom. The molecule has 1 saturated heterocycles. The van der Waals surface area contributed by atoms with Crippen molar-refractivity contribution in [2.45, 2.75) is 33.2 Å². The number of likely N-dealkylation sites (N-methyl/N-ethyl adjacent to an activating group) is 1. The molecule has 0 aliphatic carbocycles. The van der Waals surface area contributed by atoms with Gasteiger partial charge in [0.15, 0.2) is 0 Å². The maximum absolute atomic E-state index is 2.46. The largest absolute Gasteiger partial charge is 0.297 e. The van der Waals surface area contributed by atoms with Gasteiger partial charge in [0.05, 0.1) is 0 Å². The minimum Gasteiger partial charge on any atom is -0.297 e. The molecule has 0 aromatic rings. The molecule has 0 aromatic heterocycles. The summed E-state index contributed by atoms with van der Waals surface area (Å²) in [4.78, 5) is 2.46. The molecule has 0 amide bonds. The van der Waals surface area contributed by atoms with Crippen LogP contribution in [0.2, 0.25) is 0 Å². The van der Waals surface area contributed by atoms with Crippen molar-refractivity contribution in [2.75, 3.05) is 13.6 Å². The van der Waals surface area contributed by atoms with E-state index in [1.165, 1.54) is 6.54 Å². The van der Waals surface area contributed by atoms with E-state index in [0.29, 0.717) is 5.54 Å². The Kier molecular flexibility index (Phi) is 1.80. The lowest BCUT2D eigenvalue weighted by Gasteiger charge is -2.24. The van der Waals surface area contributed by atoms with E-state index >= 15 is 0 Å². The predicted octanol–water partition coefficient (Wildman–Crippen LogP) is 1.98. The maximum Gasteiger partial charge on any atom is 0.0379 e. The SMILES string of the molecule is CC(C)C1(C(C)C)CN1C. The third kappa shape index (κ3) is 0.878. The molecule has 1 nitrogen and oxygen atoms in total. The van der Waals surface area contributed by atoms with Crippen molar-refractivity contribution in [1.82, 2.24) is 4.90 Å². The van der Waals surface area contributed by atoms with Crippen LogP contribution in [-0.2, 0) is 0 Å². The second-order valence-corrected chi connectivity index (χ2v) is 4.16. The first-order valence-corrected chi connectivity index (χ1v) is 4.23. The molecule has 0 bridgehead atoms. The third-order valence-corrected chi connectivity index (χ3v) is 3.10. The average molecular weight is 141 g/mol. The minimum atomic E-state index is 0.542. The van der Waals surface area contributed by atoms with Gasteiger partial charge in [-0.3, -0.25) is 4.90 Å². The Morgan fingerprint density at radius 1 is 1.10 bits per heavy atom. The highest BCUT2D eigenvalue weighted by Crippen LogP contribution is 2.43. The first kappa shape index (κ1) is 8.06. The van der Waals surface area contributed by atoms with E-state index < -0.39 is 0 Å². The van der Waals surface area contributed by atoms with Crippen molar-refractivity contribution in [1.29, 1.82) is 0 Å². The standard InChI is InChI=1S/C9H19N/c1-7(2)9(8(3)4)6-10(9)5/h7-8H,6H2,1-5H3. The molecule has 1 rings (SSSR count). The van der Waals surface area contributed by atoms with Gasteiger partial charge in [0.25, 0.3) is 0 Å². The first-order chi connectivity index (χ1) is 4.51. The lowest BCUT2D eigenvalue weighted by atomic mass is 9.85. The highest BCUT2D eigenvalue weighted by Gasteiger charge is 2.53. The van der Waals surface area contributed by atoms with E-state index in [9.17, 15) is 0 Å². The molecule has 0 saturated carbocycles. The van der Waals surface area contributed by atoms with Gasteiger partial charge in [-0.25, -0.2) is 0 Å². The molecule has 1 heterocycles. The van der Waals surface area contributed by atoms with E-state index in [-0.39, 0.29) is 0 Å². The summed E-state index contributed by atoms with van der Waals surface area (Å²) in [5, 5.41) is 0. The Labute approximate surface area is 64.4 Å². The zero-order valence-corrected chi connectivity index (χ0v) is 7.81. The molecule has 1 heteroatoms. The van der Waals surface area contributed by atoms with Crippen molar-refractivity contribution < 1.29 is 0 Å². The minimum absolute atomic E-state index is 0.542. The summed E-state index contributed by atoms with van der Waals surface area (Å²) in [7, 11) is 2.22. The van der Waals surface area contributed by atoms with Gasteiger partial charge < -0.3 is 0 Å². The molecular weight excluding hydrogens is 122 g/mol. The van der Waals surface area contributed by atoms with E-state index in [2.05, 4.69) is 39.6 Å². The van der Waals surface area contributed by atoms with E-state index in [0.717, 1.165) is 11.8 Å². The van der Waals surface area contributed by atoms with Crippen LogP contribution in [0.25, 0.3) is 0 Å².